The molecule has 0 aromatic carbocycles. The monoisotopic (exact) mass is 270 g/mol. The average molecular weight is 270 g/mol. The van der Waals surface area contributed by atoms with Crippen LogP contribution in [0.25, 0.3) is 0 Å². The van der Waals surface area contributed by atoms with Crippen LogP contribution < -0.4 is 0 Å². The Morgan fingerprint density at radius 1 is 1.45 bits per heavy atom. The number of aromatic nitrogens is 1. The van der Waals surface area contributed by atoms with Crippen LogP contribution in [0.5, 0.6) is 0 Å². The van der Waals surface area contributed by atoms with E-state index < -0.39 is 5.97 Å². The minimum atomic E-state index is -0.782. The summed E-state index contributed by atoms with van der Waals surface area (Å²) in [5.74, 6) is 5.57. The second-order valence-corrected chi connectivity index (χ2v) is 4.60. The van der Waals surface area contributed by atoms with Crippen molar-refractivity contribution >= 4 is 5.97 Å². The first kappa shape index (κ1) is 15.7. The van der Waals surface area contributed by atoms with E-state index in [-0.39, 0.29) is 12.3 Å². The van der Waals surface area contributed by atoms with E-state index in [9.17, 15) is 4.79 Å². The normalized spacial score (nSPS) is 10.9. The van der Waals surface area contributed by atoms with Gasteiger partial charge in [-0.15, -0.1) is 0 Å². The van der Waals surface area contributed by atoms with Crippen LogP contribution in [0.4, 0.5) is 0 Å². The van der Waals surface area contributed by atoms with Gasteiger partial charge in [-0.3, -0.25) is 9.78 Å². The van der Waals surface area contributed by atoms with Crippen molar-refractivity contribution in [3.05, 3.63) is 30.1 Å². The maximum absolute atomic E-state index is 10.6. The van der Waals surface area contributed by atoms with E-state index in [1.54, 1.807) is 12.4 Å². The number of unbranched alkanes of at least 4 members (excludes halogenated alkanes) is 1. The summed E-state index contributed by atoms with van der Waals surface area (Å²) < 4.78 is 0. The SMILES string of the molecule is N#CCCCC(CC#Cc1cccnc1)CCC(=O)O. The van der Waals surface area contributed by atoms with Crippen LogP contribution in [0.3, 0.4) is 0 Å². The fourth-order valence-corrected chi connectivity index (χ4v) is 1.88. The highest BCUT2D eigenvalue weighted by Gasteiger charge is 2.09. The predicted molar refractivity (Wildman–Crippen MR) is 75.6 cm³/mol. The lowest BCUT2D eigenvalue weighted by Crippen LogP contribution is -2.04. The predicted octanol–water partition coefficient (Wildman–Crippen LogP) is 3.00. The van der Waals surface area contributed by atoms with Crippen molar-refractivity contribution in [3.8, 4) is 17.9 Å². The van der Waals surface area contributed by atoms with Gasteiger partial charge in [0.15, 0.2) is 0 Å². The number of nitrogens with zero attached hydrogens (tertiary/aromatic N) is 2. The van der Waals surface area contributed by atoms with Crippen molar-refractivity contribution in [2.75, 3.05) is 0 Å². The molecule has 0 fully saturated rings. The van der Waals surface area contributed by atoms with Gasteiger partial charge in [-0.1, -0.05) is 11.8 Å². The highest BCUT2D eigenvalue weighted by atomic mass is 16.4. The van der Waals surface area contributed by atoms with Crippen molar-refractivity contribution in [1.82, 2.24) is 4.98 Å². The molecule has 0 saturated carbocycles. The fraction of sp³-hybridized carbons (Fsp3) is 0.438. The third kappa shape index (κ3) is 7.18. The summed E-state index contributed by atoms with van der Waals surface area (Å²) in [6.45, 7) is 0. The van der Waals surface area contributed by atoms with E-state index in [1.807, 2.05) is 12.1 Å². The molecule has 1 N–H and O–H groups in total. The molecule has 0 amide bonds. The molecule has 104 valence electrons. The zero-order valence-corrected chi connectivity index (χ0v) is 11.4. The van der Waals surface area contributed by atoms with Crippen molar-refractivity contribution in [1.29, 1.82) is 5.26 Å². The Hall–Kier alpha value is -2.33. The Morgan fingerprint density at radius 3 is 2.95 bits per heavy atom. The first-order valence-corrected chi connectivity index (χ1v) is 6.70. The summed E-state index contributed by atoms with van der Waals surface area (Å²) in [7, 11) is 0. The Labute approximate surface area is 119 Å². The number of hydrogen-bond donors (Lipinski definition) is 1. The summed E-state index contributed by atoms with van der Waals surface area (Å²) in [6, 6.07) is 5.83. The third-order valence-corrected chi connectivity index (χ3v) is 2.95. The summed E-state index contributed by atoms with van der Waals surface area (Å²) in [6.07, 6.45) is 7.00. The zero-order chi connectivity index (χ0) is 14.6. The van der Waals surface area contributed by atoms with Gasteiger partial charge in [0.25, 0.3) is 0 Å². The van der Waals surface area contributed by atoms with Crippen molar-refractivity contribution in [3.63, 3.8) is 0 Å². The molecule has 4 nitrogen and oxygen atoms in total. The zero-order valence-electron chi connectivity index (χ0n) is 11.4. The van der Waals surface area contributed by atoms with Crippen LogP contribution >= 0.6 is 0 Å². The summed E-state index contributed by atoms with van der Waals surface area (Å²) in [5, 5.41) is 17.3. The number of carboxylic acid groups (broad SMARTS) is 1. The van der Waals surface area contributed by atoms with Crippen LogP contribution in [0, 0.1) is 29.1 Å². The number of rotatable bonds is 7. The highest BCUT2D eigenvalue weighted by Crippen LogP contribution is 2.18. The minimum Gasteiger partial charge on any atom is -0.481 e. The molecular formula is C16H18N2O2. The molecule has 0 saturated heterocycles. The number of pyridine rings is 1. The second-order valence-electron chi connectivity index (χ2n) is 4.60. The molecule has 1 aromatic rings. The van der Waals surface area contributed by atoms with Gasteiger partial charge in [0, 0.05) is 37.2 Å². The number of aliphatic carboxylic acids is 1. The molecule has 4 heteroatoms. The first-order valence-electron chi connectivity index (χ1n) is 6.70. The molecule has 0 aliphatic heterocycles. The Bertz CT molecular complexity index is 509. The topological polar surface area (TPSA) is 74.0 Å². The molecule has 1 aromatic heterocycles. The summed E-state index contributed by atoms with van der Waals surface area (Å²) in [5.41, 5.74) is 0.863. The molecule has 1 unspecified atom stereocenters. The summed E-state index contributed by atoms with van der Waals surface area (Å²) >= 11 is 0. The molecule has 0 spiro atoms. The molecule has 20 heavy (non-hydrogen) atoms. The molecule has 1 rings (SSSR count). The van der Waals surface area contributed by atoms with Gasteiger partial charge < -0.3 is 5.11 Å². The maximum Gasteiger partial charge on any atom is 0.303 e. The second kappa shape index (κ2) is 9.58. The van der Waals surface area contributed by atoms with Crippen molar-refractivity contribution < 1.29 is 9.90 Å². The fourth-order valence-electron chi connectivity index (χ4n) is 1.88. The van der Waals surface area contributed by atoms with Gasteiger partial charge in [-0.25, -0.2) is 0 Å². The minimum absolute atomic E-state index is 0.159. The van der Waals surface area contributed by atoms with E-state index in [1.165, 1.54) is 0 Å². The van der Waals surface area contributed by atoms with E-state index >= 15 is 0 Å². The highest BCUT2D eigenvalue weighted by molar-refractivity contribution is 5.66. The van der Waals surface area contributed by atoms with Crippen molar-refractivity contribution in [2.45, 2.75) is 38.5 Å². The lowest BCUT2D eigenvalue weighted by atomic mass is 9.93. The lowest BCUT2D eigenvalue weighted by molar-refractivity contribution is -0.137. The third-order valence-electron chi connectivity index (χ3n) is 2.95. The van der Waals surface area contributed by atoms with Gasteiger partial charge in [0.1, 0.15) is 0 Å². The van der Waals surface area contributed by atoms with Gasteiger partial charge in [-0.05, 0) is 37.3 Å². The van der Waals surface area contributed by atoms with Gasteiger partial charge in [0.2, 0.25) is 0 Å². The van der Waals surface area contributed by atoms with Crippen molar-refractivity contribution in [2.24, 2.45) is 5.92 Å². The quantitative estimate of drug-likeness (QED) is 0.610. The van der Waals surface area contributed by atoms with Gasteiger partial charge in [-0.2, -0.15) is 5.26 Å². The van der Waals surface area contributed by atoms with Gasteiger partial charge in [0.05, 0.1) is 6.07 Å². The number of carbonyl (C=O) groups is 1. The van der Waals surface area contributed by atoms with E-state index in [0.717, 1.165) is 18.4 Å². The Kier molecular flexibility index (Phi) is 7.53. The standard InChI is InChI=1S/C16H18N2O2/c17-11-2-1-5-14(9-10-16(19)20)6-3-7-15-8-4-12-18-13-15/h4,8,12-14H,1-2,5-6,9-10H2,(H,19,20). The van der Waals surface area contributed by atoms with Crippen LogP contribution in [-0.2, 0) is 4.79 Å². The largest absolute Gasteiger partial charge is 0.481 e. The van der Waals surface area contributed by atoms with Crippen LogP contribution in [0.15, 0.2) is 24.5 Å². The number of hydrogen-bond acceptors (Lipinski definition) is 3. The molecule has 0 aliphatic rings. The van der Waals surface area contributed by atoms with Crippen LogP contribution in [0.2, 0.25) is 0 Å². The number of carboxylic acids is 1. The maximum atomic E-state index is 10.6. The smallest absolute Gasteiger partial charge is 0.303 e. The number of nitriles is 1. The summed E-state index contributed by atoms with van der Waals surface area (Å²) in [4.78, 5) is 14.6. The van der Waals surface area contributed by atoms with E-state index in [4.69, 9.17) is 10.4 Å². The molecular weight excluding hydrogens is 252 g/mol. The lowest BCUT2D eigenvalue weighted by Gasteiger charge is -2.11. The van der Waals surface area contributed by atoms with E-state index in [2.05, 4.69) is 22.9 Å². The average Bonchev–Trinajstić information content (AvgIpc) is 2.45. The molecule has 0 aliphatic carbocycles. The molecule has 1 atom stereocenters. The molecule has 0 bridgehead atoms. The van der Waals surface area contributed by atoms with E-state index in [0.29, 0.717) is 19.3 Å². The van der Waals surface area contributed by atoms with Crippen LogP contribution in [0.1, 0.15) is 44.1 Å². The molecule has 0 radical (unpaired) electrons. The Morgan fingerprint density at radius 2 is 2.30 bits per heavy atom. The Balaban J connectivity index is 2.48. The van der Waals surface area contributed by atoms with Crippen LogP contribution in [-0.4, -0.2) is 16.1 Å². The van der Waals surface area contributed by atoms with Gasteiger partial charge >= 0.3 is 5.97 Å². The first-order chi connectivity index (χ1) is 9.72. The molecule has 1 heterocycles.